The van der Waals surface area contributed by atoms with Crippen LogP contribution in [0.2, 0.25) is 0 Å². The van der Waals surface area contributed by atoms with Crippen LogP contribution in [-0.2, 0) is 35.2 Å². The molecule has 162 valence electrons. The highest BCUT2D eigenvalue weighted by atomic mass is 32.3. The summed E-state index contributed by atoms with van der Waals surface area (Å²) >= 11 is 0. The van der Waals surface area contributed by atoms with Crippen molar-refractivity contribution in [3.63, 3.8) is 0 Å². The van der Waals surface area contributed by atoms with Crippen molar-refractivity contribution in [2.24, 2.45) is 0 Å². The minimum Gasteiger partial charge on any atom is -0.383 e. The molecule has 0 amide bonds. The molecule has 0 saturated heterocycles. The Morgan fingerprint density at radius 3 is 1.53 bits per heavy atom. The third-order valence-corrected chi connectivity index (χ3v) is 8.63. The van der Waals surface area contributed by atoms with Gasteiger partial charge in [0, 0.05) is 0 Å². The van der Waals surface area contributed by atoms with Gasteiger partial charge in [0.25, 0.3) is 19.7 Å². The van der Waals surface area contributed by atoms with E-state index < -0.39 is 39.1 Å². The molecule has 2 aromatic rings. The van der Waals surface area contributed by atoms with Gasteiger partial charge in [-0.1, -0.05) is 32.9 Å². The molecule has 0 heterocycles. The van der Waals surface area contributed by atoms with Crippen LogP contribution in [0.1, 0.15) is 26.3 Å². The van der Waals surface area contributed by atoms with E-state index >= 15 is 0 Å². The molecule has 12 heteroatoms. The van der Waals surface area contributed by atoms with E-state index in [9.17, 15) is 30.8 Å². The number of hydrogen-bond acceptors (Lipinski definition) is 7. The highest BCUT2D eigenvalue weighted by molar-refractivity contribution is 8.31. The van der Waals surface area contributed by atoms with Gasteiger partial charge in [-0.25, -0.2) is 16.8 Å². The number of rotatable bonds is 4. The Bertz CT molecular complexity index is 1310. The summed E-state index contributed by atoms with van der Waals surface area (Å²) in [6.45, 7) is 5.79. The Labute approximate surface area is 175 Å². The van der Waals surface area contributed by atoms with Gasteiger partial charge in [0.15, 0.2) is 0 Å². The molecule has 0 aliphatic rings. The molecule has 0 saturated carbocycles. The van der Waals surface area contributed by atoms with Crippen molar-refractivity contribution in [2.75, 3.05) is 6.26 Å². The number of nitrogens with zero attached hydrogens (tertiary/aromatic N) is 2. The maximum absolute atomic E-state index is 12.8. The van der Waals surface area contributed by atoms with Gasteiger partial charge in [-0.2, -0.15) is 8.42 Å². The van der Waals surface area contributed by atoms with Crippen LogP contribution in [0.4, 0.5) is 0 Å². The first-order chi connectivity index (χ1) is 13.6. The van der Waals surface area contributed by atoms with Crippen LogP contribution in [0, 0.1) is 0 Å². The zero-order chi connectivity index (χ0) is 23.0. The highest BCUT2D eigenvalue weighted by Crippen LogP contribution is 2.26. The van der Waals surface area contributed by atoms with Gasteiger partial charge in [0.05, 0.1) is 16.0 Å². The molecule has 0 aliphatic heterocycles. The summed E-state index contributed by atoms with van der Waals surface area (Å²) in [5, 5.41) is 0. The monoisotopic (exact) mass is 472 g/mol. The van der Waals surface area contributed by atoms with Crippen molar-refractivity contribution >= 4 is 34.2 Å². The second-order valence-corrected chi connectivity index (χ2v) is 13.0. The van der Waals surface area contributed by atoms with E-state index in [1.54, 1.807) is 12.1 Å². The van der Waals surface area contributed by atoms with Crippen LogP contribution in [0.3, 0.4) is 0 Å². The van der Waals surface area contributed by atoms with Crippen LogP contribution in [0.5, 0.6) is 5.75 Å². The fourth-order valence-corrected chi connectivity index (χ4v) is 6.24. The molecule has 0 radical (unpaired) electrons. The lowest BCUT2D eigenvalue weighted by atomic mass is 9.87. The lowest BCUT2D eigenvalue weighted by molar-refractivity contribution is 0.00380. The lowest BCUT2D eigenvalue weighted by Gasteiger charge is -2.18. The van der Waals surface area contributed by atoms with Crippen molar-refractivity contribution in [1.82, 2.24) is 0 Å². The molecule has 0 spiro atoms. The smallest absolute Gasteiger partial charge is 0.383 e. The van der Waals surface area contributed by atoms with Crippen LogP contribution in [0.15, 0.2) is 58.3 Å². The van der Waals surface area contributed by atoms with Gasteiger partial charge in [-0.3, -0.25) is 0 Å². The molecule has 0 atom stereocenters. The van der Waals surface area contributed by atoms with E-state index in [1.165, 1.54) is 12.1 Å². The van der Waals surface area contributed by atoms with Crippen LogP contribution >= 0.6 is 0 Å². The van der Waals surface area contributed by atoms with Crippen LogP contribution in [-0.4, -0.2) is 40.7 Å². The fourth-order valence-electron chi connectivity index (χ4n) is 2.44. The van der Waals surface area contributed by atoms with E-state index in [4.69, 9.17) is 0 Å². The number of sulfone groups is 2. The van der Waals surface area contributed by atoms with Gasteiger partial charge in [-0.15, -0.1) is 4.79 Å². The SMILES string of the molecule is CC(C)(C)c1ccc(S(=O)(=O)C(=[N+]=[N-])S(=O)(=O)c2ccc(OS(C)(=O)=O)cc2)cc1. The van der Waals surface area contributed by atoms with Crippen LogP contribution in [0.25, 0.3) is 5.53 Å². The average Bonchev–Trinajstić information content (AvgIpc) is 2.60. The number of hydrogen-bond donors (Lipinski definition) is 0. The number of benzene rings is 2. The molecular weight excluding hydrogens is 452 g/mol. The van der Waals surface area contributed by atoms with E-state index in [2.05, 4.69) is 8.97 Å². The van der Waals surface area contributed by atoms with Crippen molar-refractivity contribution < 1.29 is 34.2 Å². The van der Waals surface area contributed by atoms with Crippen LogP contribution < -0.4 is 4.18 Å². The van der Waals surface area contributed by atoms with E-state index in [1.807, 2.05) is 20.8 Å². The second-order valence-electron chi connectivity index (χ2n) is 7.41. The van der Waals surface area contributed by atoms with Gasteiger partial charge in [-0.05, 0) is 47.4 Å². The molecule has 9 nitrogen and oxygen atoms in total. The Morgan fingerprint density at radius 2 is 1.20 bits per heavy atom. The minimum atomic E-state index is -4.75. The predicted octanol–water partition coefficient (Wildman–Crippen LogP) is 2.16. The normalized spacial score (nSPS) is 12.8. The molecule has 0 N–H and O–H groups in total. The zero-order valence-electron chi connectivity index (χ0n) is 16.6. The first-order valence-electron chi connectivity index (χ1n) is 8.41. The third kappa shape index (κ3) is 5.14. The second kappa shape index (κ2) is 7.95. The minimum absolute atomic E-state index is 0.167. The summed E-state index contributed by atoms with van der Waals surface area (Å²) in [5.41, 5.74) is 9.81. The first kappa shape index (κ1) is 23.7. The van der Waals surface area contributed by atoms with Gasteiger partial charge < -0.3 is 9.71 Å². The van der Waals surface area contributed by atoms with Crippen molar-refractivity contribution in [2.45, 2.75) is 36.0 Å². The van der Waals surface area contributed by atoms with E-state index in [-0.39, 0.29) is 16.1 Å². The van der Waals surface area contributed by atoms with Gasteiger partial charge in [0.1, 0.15) is 5.75 Å². The fraction of sp³-hybridized carbons (Fsp3) is 0.278. The van der Waals surface area contributed by atoms with E-state index in [0.29, 0.717) is 0 Å². The summed E-state index contributed by atoms with van der Waals surface area (Å²) in [7, 11) is -13.3. The Morgan fingerprint density at radius 1 is 0.800 bits per heavy atom. The average molecular weight is 473 g/mol. The quantitative estimate of drug-likeness (QED) is 0.218. The Hall–Kier alpha value is -2.53. The van der Waals surface area contributed by atoms with Crippen molar-refractivity contribution in [3.05, 3.63) is 59.6 Å². The topological polar surface area (TPSA) is 148 Å². The summed E-state index contributed by atoms with van der Waals surface area (Å²) in [4.78, 5) is 1.67. The summed E-state index contributed by atoms with van der Waals surface area (Å²) < 4.78 is 76.6. The maximum atomic E-state index is 12.8. The molecule has 2 rings (SSSR count). The highest BCUT2D eigenvalue weighted by Gasteiger charge is 2.44. The Balaban J connectivity index is 2.48. The third-order valence-electron chi connectivity index (χ3n) is 3.95. The predicted molar refractivity (Wildman–Crippen MR) is 110 cm³/mol. The molecular formula is C18H20N2O7S3. The van der Waals surface area contributed by atoms with Gasteiger partial charge >= 0.3 is 14.5 Å². The molecule has 0 aliphatic carbocycles. The van der Waals surface area contributed by atoms with Crippen molar-refractivity contribution in [3.8, 4) is 5.75 Å². The summed E-state index contributed by atoms with van der Waals surface area (Å²) in [6.07, 6.45) is 0.811. The molecule has 2 aromatic carbocycles. The maximum Gasteiger partial charge on any atom is 0.504 e. The standard InChI is InChI=1S/C18H20N2O7S3/c1-18(2,3)13-5-9-15(10-6-13)29(23,24)17(20-19)30(25,26)16-11-7-14(8-12-16)27-28(4,21)22/h5-12H,1-4H3. The van der Waals surface area contributed by atoms with E-state index in [0.717, 1.165) is 36.1 Å². The zero-order valence-corrected chi connectivity index (χ0v) is 19.0. The summed E-state index contributed by atoms with van der Waals surface area (Å²) in [6, 6.07) is 9.52. The first-order valence-corrected chi connectivity index (χ1v) is 13.2. The molecule has 0 unspecified atom stereocenters. The summed E-state index contributed by atoms with van der Waals surface area (Å²) in [5.74, 6) is -0.167. The van der Waals surface area contributed by atoms with Gasteiger partial charge in [0.2, 0.25) is 0 Å². The Kier molecular flexibility index (Phi) is 6.29. The molecule has 30 heavy (non-hydrogen) atoms. The molecule has 0 fully saturated rings. The van der Waals surface area contributed by atoms with Crippen molar-refractivity contribution in [1.29, 1.82) is 0 Å². The largest absolute Gasteiger partial charge is 0.504 e. The lowest BCUT2D eigenvalue weighted by Crippen LogP contribution is -2.26. The molecule has 0 bridgehead atoms. The molecule has 0 aromatic heterocycles.